The van der Waals surface area contributed by atoms with Gasteiger partial charge in [0.2, 0.25) is 0 Å². The van der Waals surface area contributed by atoms with Crippen LogP contribution in [0, 0.1) is 19.3 Å². The van der Waals surface area contributed by atoms with E-state index in [4.69, 9.17) is 10.8 Å². The van der Waals surface area contributed by atoms with E-state index in [1.54, 1.807) is 6.07 Å². The summed E-state index contributed by atoms with van der Waals surface area (Å²) >= 11 is 1.83. The van der Waals surface area contributed by atoms with Gasteiger partial charge in [-0.3, -0.25) is 0 Å². The van der Waals surface area contributed by atoms with Crippen LogP contribution in [0.2, 0.25) is 0 Å². The van der Waals surface area contributed by atoms with E-state index < -0.39 is 0 Å². The van der Waals surface area contributed by atoms with Crippen molar-refractivity contribution in [2.45, 2.75) is 84.5 Å². The number of hydrogen-bond acceptors (Lipinski definition) is 5. The quantitative estimate of drug-likeness (QED) is 0.128. The van der Waals surface area contributed by atoms with Crippen molar-refractivity contribution in [3.8, 4) is 18.1 Å². The molecule has 0 saturated heterocycles. The Labute approximate surface area is 381 Å². The van der Waals surface area contributed by atoms with E-state index in [0.717, 1.165) is 76.9 Å². The molecule has 1 aliphatic carbocycles. The Morgan fingerprint density at radius 2 is 1.55 bits per heavy atom. The maximum atomic E-state index is 11.3. The standard InChI is InChI=1S/C58H53BN2O2S/c1-8-10-18-37-25-26-52-45(30-37)55-56(63-52)59-48(35-60(55)49-33-47-46(29-36(49)3)57(4,5)27-28-58(47,6)7)42(31-38(9-2)40-21-14-16-23-51(40)62)43-32-44-41-22-15-17-24-53(41)64-54(44)34-50(43)61(59)39-19-12-11-13-20-39/h2,11-17,19-26,29-34,62H,8,10,18,27-28,35H2,1,3-7H3/b38-31+. The van der Waals surface area contributed by atoms with Crippen LogP contribution in [0.1, 0.15) is 93.7 Å². The van der Waals surface area contributed by atoms with Gasteiger partial charge in [-0.25, -0.2) is 0 Å². The van der Waals surface area contributed by atoms with Crippen molar-refractivity contribution >= 4 is 88.9 Å². The van der Waals surface area contributed by atoms with Gasteiger partial charge in [0.1, 0.15) is 17.0 Å². The topological polar surface area (TPSA) is 39.9 Å². The summed E-state index contributed by atoms with van der Waals surface area (Å²) < 4.78 is 9.85. The fourth-order valence-electron chi connectivity index (χ4n) is 10.9. The van der Waals surface area contributed by atoms with Gasteiger partial charge in [-0.1, -0.05) is 114 Å². The minimum atomic E-state index is -0.303. The molecule has 0 saturated carbocycles. The Kier molecular flexibility index (Phi) is 9.53. The van der Waals surface area contributed by atoms with Crippen LogP contribution < -0.4 is 15.4 Å². The average molecular weight is 853 g/mol. The number of para-hydroxylation sites is 2. The Hall–Kier alpha value is -6.42. The van der Waals surface area contributed by atoms with Gasteiger partial charge in [0, 0.05) is 65.9 Å². The van der Waals surface area contributed by atoms with Crippen LogP contribution in [-0.2, 0) is 17.3 Å². The molecule has 64 heavy (non-hydrogen) atoms. The molecule has 2 aliphatic heterocycles. The number of allylic oxidation sites excluding steroid dienone is 3. The lowest BCUT2D eigenvalue weighted by atomic mass is 9.45. The molecule has 11 rings (SSSR count). The number of terminal acetylenes is 1. The molecule has 6 aromatic carbocycles. The normalized spacial score (nSPS) is 16.5. The smallest absolute Gasteiger partial charge is 0.371 e. The molecular weight excluding hydrogens is 800 g/mol. The molecule has 0 radical (unpaired) electrons. The van der Waals surface area contributed by atoms with Crippen molar-refractivity contribution in [3.63, 3.8) is 0 Å². The minimum Gasteiger partial charge on any atom is -0.507 e. The first-order valence-corrected chi connectivity index (χ1v) is 23.8. The third kappa shape index (κ3) is 6.34. The number of phenolic OH excluding ortho intramolecular Hbond substituents is 1. The van der Waals surface area contributed by atoms with E-state index in [2.05, 4.69) is 160 Å². The number of rotatable bonds is 7. The first-order valence-electron chi connectivity index (χ1n) is 22.9. The van der Waals surface area contributed by atoms with Crippen LogP contribution in [0.3, 0.4) is 0 Å². The lowest BCUT2D eigenvalue weighted by Crippen LogP contribution is -2.56. The molecule has 0 spiro atoms. The van der Waals surface area contributed by atoms with E-state index in [-0.39, 0.29) is 23.4 Å². The van der Waals surface area contributed by atoms with Gasteiger partial charge in [0.25, 0.3) is 0 Å². The molecule has 1 N–H and O–H groups in total. The van der Waals surface area contributed by atoms with Crippen LogP contribution in [0.5, 0.6) is 5.75 Å². The molecule has 4 nitrogen and oxygen atoms in total. The fraction of sp³-hybridized carbons (Fsp3) is 0.241. The molecule has 0 fully saturated rings. The Balaban J connectivity index is 1.27. The summed E-state index contributed by atoms with van der Waals surface area (Å²) in [7, 11) is 0. The molecule has 2 aromatic heterocycles. The highest BCUT2D eigenvalue weighted by atomic mass is 32.1. The van der Waals surface area contributed by atoms with Crippen molar-refractivity contribution in [1.29, 1.82) is 0 Å². The van der Waals surface area contributed by atoms with E-state index in [9.17, 15) is 5.11 Å². The van der Waals surface area contributed by atoms with Crippen molar-refractivity contribution in [1.82, 2.24) is 0 Å². The van der Waals surface area contributed by atoms with Crippen LogP contribution in [0.4, 0.5) is 22.7 Å². The highest BCUT2D eigenvalue weighted by Gasteiger charge is 2.48. The summed E-state index contributed by atoms with van der Waals surface area (Å²) in [5.41, 5.74) is 16.5. The number of phenols is 1. The Morgan fingerprint density at radius 1 is 0.812 bits per heavy atom. The summed E-state index contributed by atoms with van der Waals surface area (Å²) in [6.45, 7) is 14.5. The lowest BCUT2D eigenvalue weighted by molar-refractivity contribution is 0.332. The van der Waals surface area contributed by atoms with Gasteiger partial charge in [-0.2, -0.15) is 0 Å². The maximum absolute atomic E-state index is 11.3. The molecule has 4 heterocycles. The number of unbranched alkanes of at least 4 members (excludes halogenated alkanes) is 1. The highest BCUT2D eigenvalue weighted by Crippen LogP contribution is 2.53. The predicted octanol–water partition coefficient (Wildman–Crippen LogP) is 14.7. The molecule has 3 aliphatic rings. The molecule has 316 valence electrons. The molecule has 0 amide bonds. The van der Waals surface area contributed by atoms with Gasteiger partial charge in [-0.15, -0.1) is 17.8 Å². The monoisotopic (exact) mass is 852 g/mol. The number of aryl methyl sites for hydroxylation is 2. The molecule has 0 unspecified atom stereocenters. The molecular formula is C58H53BN2O2S. The van der Waals surface area contributed by atoms with Crippen LogP contribution in [-0.4, -0.2) is 18.5 Å². The Morgan fingerprint density at radius 3 is 2.31 bits per heavy atom. The second-order valence-electron chi connectivity index (χ2n) is 19.5. The Bertz CT molecular complexity index is 3300. The third-order valence-electron chi connectivity index (χ3n) is 14.5. The zero-order valence-electron chi connectivity index (χ0n) is 37.7. The maximum Gasteiger partial charge on any atom is 0.371 e. The number of nitrogens with zero attached hydrogens (tertiary/aromatic N) is 2. The molecule has 0 bridgehead atoms. The molecule has 0 atom stereocenters. The van der Waals surface area contributed by atoms with Gasteiger partial charge in [-0.05, 0) is 137 Å². The summed E-state index contributed by atoms with van der Waals surface area (Å²) in [6, 6.07) is 43.6. The first kappa shape index (κ1) is 40.4. The van der Waals surface area contributed by atoms with Crippen molar-refractivity contribution < 1.29 is 9.52 Å². The predicted molar refractivity (Wildman–Crippen MR) is 273 cm³/mol. The zero-order chi connectivity index (χ0) is 44.1. The first-order chi connectivity index (χ1) is 31.0. The number of furan rings is 1. The lowest BCUT2D eigenvalue weighted by Gasteiger charge is -2.45. The second-order valence-corrected chi connectivity index (χ2v) is 20.6. The van der Waals surface area contributed by atoms with Crippen LogP contribution >= 0.6 is 11.3 Å². The third-order valence-corrected chi connectivity index (χ3v) is 15.7. The number of hydrogen-bond donors (Lipinski definition) is 1. The number of thiophene rings is 1. The minimum absolute atomic E-state index is 0.0232. The second kappa shape index (κ2) is 15.1. The van der Waals surface area contributed by atoms with E-state index in [0.29, 0.717) is 17.7 Å². The van der Waals surface area contributed by atoms with Gasteiger partial charge in [0.05, 0.1) is 5.69 Å². The van der Waals surface area contributed by atoms with Gasteiger partial charge >= 0.3 is 6.85 Å². The molecule has 8 aromatic rings. The SMILES string of the molecule is C#C/C(=C\C1=C2CN(c3cc4c(cc3C)C(C)(C)CCC4(C)C)c3c(oc4ccc(CCCC)cc34)B2N(c2ccccc2)c2cc3sc4ccccc4c3cc21)c1ccccc1O. The zero-order valence-corrected chi connectivity index (χ0v) is 38.5. The van der Waals surface area contributed by atoms with Crippen molar-refractivity contribution in [2.75, 3.05) is 16.3 Å². The van der Waals surface area contributed by atoms with Crippen LogP contribution in [0.25, 0.3) is 42.3 Å². The number of anilines is 4. The van der Waals surface area contributed by atoms with Gasteiger partial charge in [0.15, 0.2) is 0 Å². The van der Waals surface area contributed by atoms with Crippen molar-refractivity contribution in [3.05, 3.63) is 166 Å². The molecule has 6 heteroatoms. The fourth-order valence-corrected chi connectivity index (χ4v) is 12.1. The average Bonchev–Trinajstić information content (AvgIpc) is 3.86. The van der Waals surface area contributed by atoms with Gasteiger partial charge < -0.3 is 19.2 Å². The summed E-state index contributed by atoms with van der Waals surface area (Å²) in [5.74, 6) is 3.18. The van der Waals surface area contributed by atoms with E-state index in [1.165, 1.54) is 53.6 Å². The van der Waals surface area contributed by atoms with E-state index in [1.807, 2.05) is 29.5 Å². The van der Waals surface area contributed by atoms with Crippen LogP contribution in [0.15, 0.2) is 137 Å². The summed E-state index contributed by atoms with van der Waals surface area (Å²) in [6.07, 6.45) is 14.2. The summed E-state index contributed by atoms with van der Waals surface area (Å²) in [4.78, 5) is 5.09. The number of fused-ring (bicyclic) bond motifs is 10. The highest BCUT2D eigenvalue weighted by molar-refractivity contribution is 7.25. The largest absolute Gasteiger partial charge is 0.507 e. The number of aromatic hydroxyl groups is 1. The number of benzene rings is 6. The van der Waals surface area contributed by atoms with E-state index >= 15 is 0 Å². The van der Waals surface area contributed by atoms with Crippen molar-refractivity contribution in [2.24, 2.45) is 0 Å². The summed E-state index contributed by atoms with van der Waals surface area (Å²) in [5, 5.41) is 14.9.